The Balaban J connectivity index is 1.32. The van der Waals surface area contributed by atoms with Crippen molar-refractivity contribution in [3.63, 3.8) is 0 Å². The molecule has 0 aromatic carbocycles. The summed E-state index contributed by atoms with van der Waals surface area (Å²) in [6, 6.07) is 4.42. The zero-order chi connectivity index (χ0) is 17.7. The molecule has 3 aliphatic rings. The van der Waals surface area contributed by atoms with Gasteiger partial charge in [0.2, 0.25) is 0 Å². The molecule has 4 nitrogen and oxygen atoms in total. The Hall–Kier alpha value is -1.84. The highest BCUT2D eigenvalue weighted by Gasteiger charge is 2.52. The van der Waals surface area contributed by atoms with Gasteiger partial charge in [-0.1, -0.05) is 11.6 Å². The number of pyridine rings is 1. The lowest BCUT2D eigenvalue weighted by atomic mass is 9.60. The molecule has 4 rings (SSSR count). The van der Waals surface area contributed by atoms with Crippen molar-refractivity contribution in [2.45, 2.75) is 64.9 Å². The molecule has 1 saturated carbocycles. The van der Waals surface area contributed by atoms with Crippen molar-refractivity contribution in [2.24, 2.45) is 5.41 Å². The van der Waals surface area contributed by atoms with Crippen molar-refractivity contribution in [2.75, 3.05) is 13.1 Å². The molecule has 1 spiro atoms. The van der Waals surface area contributed by atoms with Gasteiger partial charge in [0.15, 0.2) is 0 Å². The number of amides is 1. The highest BCUT2D eigenvalue weighted by atomic mass is 16.6. The molecule has 2 aliphatic carbocycles. The summed E-state index contributed by atoms with van der Waals surface area (Å²) in [6.07, 6.45) is 9.14. The summed E-state index contributed by atoms with van der Waals surface area (Å²) < 4.78 is 5.44. The van der Waals surface area contributed by atoms with Gasteiger partial charge in [-0.25, -0.2) is 4.79 Å². The van der Waals surface area contributed by atoms with Crippen LogP contribution in [0.2, 0.25) is 0 Å². The van der Waals surface area contributed by atoms with Crippen LogP contribution in [-0.4, -0.2) is 34.7 Å². The van der Waals surface area contributed by atoms with Gasteiger partial charge in [0.25, 0.3) is 0 Å². The van der Waals surface area contributed by atoms with Gasteiger partial charge in [0.05, 0.1) is 5.69 Å². The maximum Gasteiger partial charge on any atom is 0.410 e. The van der Waals surface area contributed by atoms with Gasteiger partial charge in [-0.3, -0.25) is 4.98 Å². The van der Waals surface area contributed by atoms with Crippen LogP contribution in [0.4, 0.5) is 4.79 Å². The van der Waals surface area contributed by atoms with Crippen LogP contribution in [0, 0.1) is 5.41 Å². The van der Waals surface area contributed by atoms with Gasteiger partial charge in [-0.15, -0.1) is 0 Å². The van der Waals surface area contributed by atoms with Crippen LogP contribution in [0.1, 0.15) is 63.4 Å². The minimum absolute atomic E-state index is 0.174. The van der Waals surface area contributed by atoms with Gasteiger partial charge < -0.3 is 9.64 Å². The standard InChI is InChI=1S/C21H28N2O2/c1-20(2,3)25-19(24)23-13-21(14-23)11-15(12-21)10-17-9-8-16-6-4-5-7-18(16)22-17/h8-10H,4-7,11-14H2,1-3H3. The zero-order valence-electron chi connectivity index (χ0n) is 15.6. The van der Waals surface area contributed by atoms with E-state index >= 15 is 0 Å². The highest BCUT2D eigenvalue weighted by Crippen LogP contribution is 2.52. The lowest BCUT2D eigenvalue weighted by molar-refractivity contribution is -0.0498. The van der Waals surface area contributed by atoms with Gasteiger partial charge in [0, 0.05) is 24.2 Å². The lowest BCUT2D eigenvalue weighted by Gasteiger charge is -2.56. The third-order valence-corrected chi connectivity index (χ3v) is 5.46. The van der Waals surface area contributed by atoms with E-state index in [1.807, 2.05) is 25.7 Å². The quantitative estimate of drug-likeness (QED) is 0.762. The molecular formula is C21H28N2O2. The second kappa shape index (κ2) is 5.86. The van der Waals surface area contributed by atoms with Crippen molar-refractivity contribution in [3.8, 4) is 0 Å². The summed E-state index contributed by atoms with van der Waals surface area (Å²) in [5.74, 6) is 0. The first-order chi connectivity index (χ1) is 11.8. The number of fused-ring (bicyclic) bond motifs is 1. The molecular weight excluding hydrogens is 312 g/mol. The number of hydrogen-bond donors (Lipinski definition) is 0. The minimum atomic E-state index is -0.414. The fourth-order valence-electron chi connectivity index (χ4n) is 4.34. The van der Waals surface area contributed by atoms with Gasteiger partial charge in [-0.2, -0.15) is 0 Å². The minimum Gasteiger partial charge on any atom is -0.444 e. The first kappa shape index (κ1) is 16.6. The molecule has 0 bridgehead atoms. The second-order valence-corrected chi connectivity index (χ2v) is 9.04. The third kappa shape index (κ3) is 3.44. The molecule has 2 fully saturated rings. The first-order valence-corrected chi connectivity index (χ1v) is 9.48. The fraction of sp³-hybridized carbons (Fsp3) is 0.619. The Morgan fingerprint density at radius 3 is 2.64 bits per heavy atom. The molecule has 1 aliphatic heterocycles. The second-order valence-electron chi connectivity index (χ2n) is 9.04. The Bertz CT molecular complexity index is 714. The van der Waals surface area contributed by atoms with Crippen molar-refractivity contribution < 1.29 is 9.53 Å². The Kier molecular flexibility index (Phi) is 3.89. The number of rotatable bonds is 1. The van der Waals surface area contributed by atoms with E-state index < -0.39 is 5.60 Å². The van der Waals surface area contributed by atoms with Gasteiger partial charge in [0.1, 0.15) is 5.60 Å². The van der Waals surface area contributed by atoms with Crippen LogP contribution in [-0.2, 0) is 17.6 Å². The summed E-state index contributed by atoms with van der Waals surface area (Å²) in [4.78, 5) is 18.7. The fourth-order valence-corrected chi connectivity index (χ4v) is 4.34. The largest absolute Gasteiger partial charge is 0.444 e. The number of hydrogen-bond acceptors (Lipinski definition) is 3. The molecule has 1 aromatic rings. The maximum atomic E-state index is 12.1. The molecule has 0 radical (unpaired) electrons. The molecule has 0 unspecified atom stereocenters. The number of allylic oxidation sites excluding steroid dienone is 1. The van der Waals surface area contributed by atoms with Crippen LogP contribution in [0.5, 0.6) is 0 Å². The predicted molar refractivity (Wildman–Crippen MR) is 98.3 cm³/mol. The van der Waals surface area contributed by atoms with E-state index in [9.17, 15) is 4.79 Å². The molecule has 134 valence electrons. The van der Waals surface area contributed by atoms with Crippen molar-refractivity contribution in [3.05, 3.63) is 34.7 Å². The molecule has 4 heteroatoms. The molecule has 2 heterocycles. The van der Waals surface area contributed by atoms with Crippen molar-refractivity contribution >= 4 is 12.2 Å². The van der Waals surface area contributed by atoms with Gasteiger partial charge >= 0.3 is 6.09 Å². The SMILES string of the molecule is CC(C)(C)OC(=O)N1CC2(CC(=Cc3ccc4c(n3)CCCC4)C2)C1. The van der Waals surface area contributed by atoms with E-state index in [0.717, 1.165) is 38.0 Å². The number of carbonyl (C=O) groups excluding carboxylic acids is 1. The summed E-state index contributed by atoms with van der Waals surface area (Å²) in [6.45, 7) is 7.40. The average molecular weight is 340 g/mol. The van der Waals surface area contributed by atoms with E-state index in [1.165, 1.54) is 36.1 Å². The molecule has 1 amide bonds. The van der Waals surface area contributed by atoms with Crippen LogP contribution >= 0.6 is 0 Å². The van der Waals surface area contributed by atoms with E-state index in [1.54, 1.807) is 0 Å². The number of aromatic nitrogens is 1. The lowest BCUT2D eigenvalue weighted by Crippen LogP contribution is -2.62. The number of carbonyl (C=O) groups is 1. The van der Waals surface area contributed by atoms with Crippen LogP contribution < -0.4 is 0 Å². The summed E-state index contributed by atoms with van der Waals surface area (Å²) in [5, 5.41) is 0. The molecule has 1 saturated heterocycles. The van der Waals surface area contributed by atoms with E-state index in [4.69, 9.17) is 9.72 Å². The summed E-state index contributed by atoms with van der Waals surface area (Å²) in [5.41, 5.74) is 5.19. The summed E-state index contributed by atoms with van der Waals surface area (Å²) >= 11 is 0. The Morgan fingerprint density at radius 2 is 1.92 bits per heavy atom. The Labute approximate surface area is 150 Å². The molecule has 0 N–H and O–H groups in total. The number of nitrogens with zero attached hydrogens (tertiary/aromatic N) is 2. The number of aryl methyl sites for hydroxylation is 2. The topological polar surface area (TPSA) is 42.4 Å². The van der Waals surface area contributed by atoms with Crippen LogP contribution in [0.25, 0.3) is 6.08 Å². The van der Waals surface area contributed by atoms with E-state index in [-0.39, 0.29) is 6.09 Å². The smallest absolute Gasteiger partial charge is 0.410 e. The van der Waals surface area contributed by atoms with E-state index in [2.05, 4.69) is 18.2 Å². The Morgan fingerprint density at radius 1 is 1.20 bits per heavy atom. The molecule has 1 aromatic heterocycles. The monoisotopic (exact) mass is 340 g/mol. The molecule has 25 heavy (non-hydrogen) atoms. The highest BCUT2D eigenvalue weighted by molar-refractivity contribution is 5.70. The number of likely N-dealkylation sites (tertiary alicyclic amines) is 1. The summed E-state index contributed by atoms with van der Waals surface area (Å²) in [7, 11) is 0. The average Bonchev–Trinajstić information content (AvgIpc) is 2.46. The van der Waals surface area contributed by atoms with Gasteiger partial charge in [-0.05, 0) is 77.0 Å². The maximum absolute atomic E-state index is 12.1. The normalized spacial score (nSPS) is 21.2. The number of ether oxygens (including phenoxy) is 1. The van der Waals surface area contributed by atoms with Crippen molar-refractivity contribution in [1.82, 2.24) is 9.88 Å². The zero-order valence-corrected chi connectivity index (χ0v) is 15.6. The van der Waals surface area contributed by atoms with Crippen LogP contribution in [0.3, 0.4) is 0 Å². The van der Waals surface area contributed by atoms with Crippen LogP contribution in [0.15, 0.2) is 17.7 Å². The molecule has 0 atom stereocenters. The third-order valence-electron chi connectivity index (χ3n) is 5.46. The van der Waals surface area contributed by atoms with E-state index in [0.29, 0.717) is 5.41 Å². The first-order valence-electron chi connectivity index (χ1n) is 9.48. The van der Waals surface area contributed by atoms with Crippen molar-refractivity contribution in [1.29, 1.82) is 0 Å². The predicted octanol–water partition coefficient (Wildman–Crippen LogP) is 4.37.